The monoisotopic (exact) mass is 554 g/mol. The molecule has 0 aliphatic heterocycles. The zero-order valence-corrected chi connectivity index (χ0v) is 27.2. The largest absolute Gasteiger partial charge is 0.460 e. The second kappa shape index (κ2) is 18.7. The van der Waals surface area contributed by atoms with Gasteiger partial charge in [0.15, 0.2) is 0 Å². The summed E-state index contributed by atoms with van der Waals surface area (Å²) in [6.07, 6.45) is 14.4. The fraction of sp³-hybridized carbons (Fsp3) is 0.909. The van der Waals surface area contributed by atoms with Crippen molar-refractivity contribution < 1.29 is 28.6 Å². The summed E-state index contributed by atoms with van der Waals surface area (Å²) >= 11 is 0. The maximum absolute atomic E-state index is 13.0. The van der Waals surface area contributed by atoms with Crippen molar-refractivity contribution in [1.82, 2.24) is 0 Å². The summed E-state index contributed by atoms with van der Waals surface area (Å²) in [6, 6.07) is 0. The minimum Gasteiger partial charge on any atom is -0.460 e. The van der Waals surface area contributed by atoms with Crippen LogP contribution >= 0.6 is 0 Å². The Morgan fingerprint density at radius 2 is 0.846 bits per heavy atom. The van der Waals surface area contributed by atoms with E-state index in [2.05, 4.69) is 6.92 Å². The van der Waals surface area contributed by atoms with Crippen molar-refractivity contribution in [3.63, 3.8) is 0 Å². The fourth-order valence-electron chi connectivity index (χ4n) is 4.53. The molecule has 0 heterocycles. The number of carbonyl (C=O) groups excluding carboxylic acids is 3. The van der Waals surface area contributed by atoms with Gasteiger partial charge in [-0.1, -0.05) is 71.1 Å². The lowest BCUT2D eigenvalue weighted by atomic mass is 9.90. The number of hydrogen-bond donors (Lipinski definition) is 0. The highest BCUT2D eigenvalue weighted by atomic mass is 16.6. The van der Waals surface area contributed by atoms with E-state index in [1.165, 1.54) is 44.9 Å². The maximum Gasteiger partial charge on any atom is 0.309 e. The highest BCUT2D eigenvalue weighted by molar-refractivity contribution is 5.75. The van der Waals surface area contributed by atoms with E-state index in [1.54, 1.807) is 0 Å². The Kier molecular flexibility index (Phi) is 17.9. The highest BCUT2D eigenvalue weighted by Gasteiger charge is 2.29. The Morgan fingerprint density at radius 3 is 1.26 bits per heavy atom. The van der Waals surface area contributed by atoms with Gasteiger partial charge in [-0.3, -0.25) is 14.4 Å². The van der Waals surface area contributed by atoms with Crippen molar-refractivity contribution in [2.45, 2.75) is 182 Å². The first-order chi connectivity index (χ1) is 17.9. The normalized spacial score (nSPS) is 14.0. The minimum atomic E-state index is -0.601. The topological polar surface area (TPSA) is 78.9 Å². The van der Waals surface area contributed by atoms with E-state index in [1.807, 2.05) is 62.3 Å². The summed E-state index contributed by atoms with van der Waals surface area (Å²) in [4.78, 5) is 38.2. The van der Waals surface area contributed by atoms with Gasteiger partial charge in [0.1, 0.15) is 16.8 Å². The van der Waals surface area contributed by atoms with Gasteiger partial charge in [0.05, 0.1) is 11.8 Å². The van der Waals surface area contributed by atoms with Gasteiger partial charge in [0, 0.05) is 6.42 Å². The molecule has 0 aromatic carbocycles. The molecule has 0 aromatic heterocycles. The summed E-state index contributed by atoms with van der Waals surface area (Å²) < 4.78 is 16.8. The number of hydrogen-bond acceptors (Lipinski definition) is 6. The van der Waals surface area contributed by atoms with Crippen LogP contribution in [-0.2, 0) is 28.6 Å². The van der Waals surface area contributed by atoms with Crippen LogP contribution in [0.2, 0.25) is 0 Å². The van der Waals surface area contributed by atoms with Crippen molar-refractivity contribution in [1.29, 1.82) is 0 Å². The van der Waals surface area contributed by atoms with Crippen LogP contribution in [0.1, 0.15) is 166 Å². The van der Waals surface area contributed by atoms with Gasteiger partial charge >= 0.3 is 17.9 Å². The lowest BCUT2D eigenvalue weighted by Gasteiger charge is -2.26. The molecule has 2 atom stereocenters. The molecule has 0 radical (unpaired) electrons. The van der Waals surface area contributed by atoms with Crippen LogP contribution in [0, 0.1) is 11.8 Å². The summed E-state index contributed by atoms with van der Waals surface area (Å²) in [5.41, 5.74) is -1.69. The van der Waals surface area contributed by atoms with Crippen LogP contribution in [-0.4, -0.2) is 34.7 Å². The molecule has 0 saturated heterocycles. The Labute approximate surface area is 240 Å². The second-order valence-electron chi connectivity index (χ2n) is 14.1. The van der Waals surface area contributed by atoms with Crippen LogP contribution in [0.4, 0.5) is 0 Å². The van der Waals surface area contributed by atoms with Crippen LogP contribution in [0.15, 0.2) is 0 Å². The van der Waals surface area contributed by atoms with Gasteiger partial charge in [-0.25, -0.2) is 0 Å². The molecule has 0 N–H and O–H groups in total. The van der Waals surface area contributed by atoms with Crippen molar-refractivity contribution in [2.24, 2.45) is 11.8 Å². The van der Waals surface area contributed by atoms with E-state index in [0.29, 0.717) is 25.7 Å². The lowest BCUT2D eigenvalue weighted by Crippen LogP contribution is -2.30. The third-order valence-corrected chi connectivity index (χ3v) is 6.36. The van der Waals surface area contributed by atoms with E-state index in [0.717, 1.165) is 19.3 Å². The molecule has 0 amide bonds. The van der Waals surface area contributed by atoms with Gasteiger partial charge in [-0.15, -0.1) is 0 Å². The smallest absolute Gasteiger partial charge is 0.309 e. The summed E-state index contributed by atoms with van der Waals surface area (Å²) in [5.74, 6) is -1.35. The Hall–Kier alpha value is -1.59. The van der Waals surface area contributed by atoms with Crippen LogP contribution < -0.4 is 0 Å². The molecule has 0 aliphatic rings. The van der Waals surface area contributed by atoms with E-state index < -0.39 is 22.7 Å². The predicted octanol–water partition coefficient (Wildman–Crippen LogP) is 9.12. The van der Waals surface area contributed by atoms with E-state index in [9.17, 15) is 14.4 Å². The standard InChI is InChI=1S/C33H62O6/c1-11-12-13-14-15-16-17-18-19-21-26(29(35)38-32(5,6)7)22-20-23-27(30(36)39-33(8,9)10)24-25-28(34)37-31(2,3)4/h26-27H,11-25H2,1-10H3. The predicted molar refractivity (Wildman–Crippen MR) is 159 cm³/mol. The van der Waals surface area contributed by atoms with Crippen LogP contribution in [0.3, 0.4) is 0 Å². The molecule has 0 spiro atoms. The molecule has 39 heavy (non-hydrogen) atoms. The number of rotatable bonds is 19. The summed E-state index contributed by atoms with van der Waals surface area (Å²) in [5, 5.41) is 0. The molecular weight excluding hydrogens is 492 g/mol. The number of carbonyl (C=O) groups is 3. The van der Waals surface area contributed by atoms with E-state index in [4.69, 9.17) is 14.2 Å². The molecule has 2 unspecified atom stereocenters. The Morgan fingerprint density at radius 1 is 0.487 bits per heavy atom. The van der Waals surface area contributed by atoms with Gasteiger partial charge in [0.25, 0.3) is 0 Å². The van der Waals surface area contributed by atoms with Crippen molar-refractivity contribution in [3.05, 3.63) is 0 Å². The van der Waals surface area contributed by atoms with Gasteiger partial charge in [-0.05, 0) is 88.0 Å². The van der Waals surface area contributed by atoms with Crippen molar-refractivity contribution in [3.8, 4) is 0 Å². The van der Waals surface area contributed by atoms with Crippen molar-refractivity contribution >= 4 is 17.9 Å². The number of esters is 3. The molecular formula is C33H62O6. The van der Waals surface area contributed by atoms with E-state index >= 15 is 0 Å². The highest BCUT2D eigenvalue weighted by Crippen LogP contribution is 2.26. The second-order valence-corrected chi connectivity index (χ2v) is 14.1. The fourth-order valence-corrected chi connectivity index (χ4v) is 4.53. The Balaban J connectivity index is 5.01. The van der Waals surface area contributed by atoms with Gasteiger partial charge in [-0.2, -0.15) is 0 Å². The van der Waals surface area contributed by atoms with E-state index in [-0.39, 0.29) is 30.2 Å². The SMILES string of the molecule is CCCCCCCCCCCC(CCCC(CCC(=O)OC(C)(C)C)C(=O)OC(C)(C)C)C(=O)OC(C)(C)C. The quantitative estimate of drug-likeness (QED) is 0.0900. The molecule has 0 bridgehead atoms. The molecule has 6 nitrogen and oxygen atoms in total. The number of ether oxygens (including phenoxy) is 3. The molecule has 0 aromatic rings. The first-order valence-corrected chi connectivity index (χ1v) is 15.6. The first kappa shape index (κ1) is 37.4. The third kappa shape index (κ3) is 22.9. The van der Waals surface area contributed by atoms with Crippen LogP contribution in [0.25, 0.3) is 0 Å². The molecule has 0 aliphatic carbocycles. The molecule has 0 fully saturated rings. The van der Waals surface area contributed by atoms with Crippen LogP contribution in [0.5, 0.6) is 0 Å². The van der Waals surface area contributed by atoms with Gasteiger partial charge in [0.2, 0.25) is 0 Å². The van der Waals surface area contributed by atoms with Crippen molar-refractivity contribution in [2.75, 3.05) is 0 Å². The number of unbranched alkanes of at least 4 members (excludes halogenated alkanes) is 8. The third-order valence-electron chi connectivity index (χ3n) is 6.36. The average Bonchev–Trinajstić information content (AvgIpc) is 2.75. The molecule has 230 valence electrons. The van der Waals surface area contributed by atoms with Gasteiger partial charge < -0.3 is 14.2 Å². The average molecular weight is 555 g/mol. The molecule has 6 heteroatoms. The summed E-state index contributed by atoms with van der Waals surface area (Å²) in [6.45, 7) is 19.0. The minimum absolute atomic E-state index is 0.148. The summed E-state index contributed by atoms with van der Waals surface area (Å²) in [7, 11) is 0. The zero-order chi connectivity index (χ0) is 30.1. The maximum atomic E-state index is 13.0. The molecule has 0 saturated carbocycles. The first-order valence-electron chi connectivity index (χ1n) is 15.6. The Bertz CT molecular complexity index is 692. The molecule has 0 rings (SSSR count). The lowest BCUT2D eigenvalue weighted by molar-refractivity contribution is -0.161. The zero-order valence-electron chi connectivity index (χ0n) is 27.2.